The molecule has 6 heteroatoms. The summed E-state index contributed by atoms with van der Waals surface area (Å²) >= 11 is 6.02. The zero-order valence-electron chi connectivity index (χ0n) is 15.5. The lowest BCUT2D eigenvalue weighted by atomic mass is 9.82. The highest BCUT2D eigenvalue weighted by Gasteiger charge is 2.32. The molecule has 2 aromatic rings. The van der Waals surface area contributed by atoms with E-state index in [0.717, 1.165) is 30.9 Å². The van der Waals surface area contributed by atoms with E-state index in [1.165, 1.54) is 17.7 Å². The maximum atomic E-state index is 13.2. The Labute approximate surface area is 168 Å². The van der Waals surface area contributed by atoms with Gasteiger partial charge in [0.15, 0.2) is 0 Å². The van der Waals surface area contributed by atoms with Crippen LogP contribution < -0.4 is 0 Å². The number of halogens is 2. The highest BCUT2D eigenvalue weighted by atomic mass is 35.5. The normalized spacial score (nSPS) is 19.3. The van der Waals surface area contributed by atoms with E-state index in [0.29, 0.717) is 31.7 Å². The van der Waals surface area contributed by atoms with Gasteiger partial charge in [0.2, 0.25) is 5.91 Å². The Hall–Kier alpha value is -2.40. The fraction of sp³-hybridized carbons (Fsp3) is 0.364. The van der Waals surface area contributed by atoms with Gasteiger partial charge in [0, 0.05) is 26.2 Å². The van der Waals surface area contributed by atoms with Gasteiger partial charge in [-0.05, 0) is 48.6 Å². The number of piperazine rings is 1. The van der Waals surface area contributed by atoms with Crippen LogP contribution in [-0.2, 0) is 11.2 Å². The van der Waals surface area contributed by atoms with Crippen molar-refractivity contribution in [3.8, 4) is 0 Å². The molecule has 1 atom stereocenters. The molecule has 1 saturated heterocycles. The first kappa shape index (κ1) is 18.9. The summed E-state index contributed by atoms with van der Waals surface area (Å²) in [6, 6.07) is 12.0. The second-order valence-corrected chi connectivity index (χ2v) is 7.79. The van der Waals surface area contributed by atoms with E-state index in [9.17, 15) is 14.0 Å². The number of carbonyl (C=O) groups excluding carboxylic acids is 2. The van der Waals surface area contributed by atoms with Crippen molar-refractivity contribution in [3.63, 3.8) is 0 Å². The molecule has 146 valence electrons. The number of nitrogens with zero attached hydrogens (tertiary/aromatic N) is 2. The number of fused-ring (bicyclic) bond motifs is 1. The zero-order valence-corrected chi connectivity index (χ0v) is 16.3. The molecular formula is C22H22ClFN2O2. The van der Waals surface area contributed by atoms with E-state index in [1.807, 2.05) is 17.0 Å². The number of benzene rings is 2. The van der Waals surface area contributed by atoms with Crippen LogP contribution in [0.3, 0.4) is 0 Å². The Morgan fingerprint density at radius 1 is 1.00 bits per heavy atom. The Morgan fingerprint density at radius 3 is 2.46 bits per heavy atom. The molecule has 1 aliphatic heterocycles. The number of hydrogen-bond acceptors (Lipinski definition) is 2. The molecule has 4 nitrogen and oxygen atoms in total. The molecule has 0 radical (unpaired) electrons. The second-order valence-electron chi connectivity index (χ2n) is 7.39. The average Bonchev–Trinajstić information content (AvgIpc) is 2.72. The molecule has 0 spiro atoms. The van der Waals surface area contributed by atoms with E-state index < -0.39 is 5.82 Å². The van der Waals surface area contributed by atoms with Crippen molar-refractivity contribution in [2.75, 3.05) is 26.2 Å². The van der Waals surface area contributed by atoms with E-state index in [1.54, 1.807) is 4.90 Å². The molecule has 1 aliphatic carbocycles. The van der Waals surface area contributed by atoms with Crippen LogP contribution in [0.4, 0.5) is 4.39 Å². The summed E-state index contributed by atoms with van der Waals surface area (Å²) in [5.74, 6) is -0.623. The fourth-order valence-electron chi connectivity index (χ4n) is 4.19. The number of amides is 2. The van der Waals surface area contributed by atoms with Crippen molar-refractivity contribution in [3.05, 3.63) is 70.0 Å². The lowest BCUT2D eigenvalue weighted by Crippen LogP contribution is -2.51. The first-order valence-electron chi connectivity index (χ1n) is 9.65. The van der Waals surface area contributed by atoms with Gasteiger partial charge >= 0.3 is 0 Å². The smallest absolute Gasteiger partial charge is 0.255 e. The second kappa shape index (κ2) is 7.92. The first-order valence-corrected chi connectivity index (χ1v) is 10.0. The van der Waals surface area contributed by atoms with Gasteiger partial charge in [-0.25, -0.2) is 4.39 Å². The van der Waals surface area contributed by atoms with Crippen molar-refractivity contribution in [1.82, 2.24) is 9.80 Å². The molecule has 0 aromatic heterocycles. The monoisotopic (exact) mass is 400 g/mol. The first-order chi connectivity index (χ1) is 13.5. The largest absolute Gasteiger partial charge is 0.339 e. The lowest BCUT2D eigenvalue weighted by Gasteiger charge is -2.37. The van der Waals surface area contributed by atoms with Crippen molar-refractivity contribution in [2.24, 2.45) is 0 Å². The van der Waals surface area contributed by atoms with Crippen LogP contribution in [0.1, 0.15) is 40.2 Å². The topological polar surface area (TPSA) is 40.6 Å². The third kappa shape index (κ3) is 3.63. The summed E-state index contributed by atoms with van der Waals surface area (Å²) in [4.78, 5) is 29.3. The molecule has 0 N–H and O–H groups in total. The van der Waals surface area contributed by atoms with Gasteiger partial charge in [0.1, 0.15) is 5.82 Å². The summed E-state index contributed by atoms with van der Waals surface area (Å²) < 4.78 is 13.2. The minimum Gasteiger partial charge on any atom is -0.339 e. The molecule has 0 saturated carbocycles. The number of carbonyl (C=O) groups is 2. The van der Waals surface area contributed by atoms with E-state index in [2.05, 4.69) is 12.1 Å². The summed E-state index contributed by atoms with van der Waals surface area (Å²) in [7, 11) is 0. The molecule has 2 amide bonds. The molecule has 1 heterocycles. The Morgan fingerprint density at radius 2 is 1.71 bits per heavy atom. The minimum atomic E-state index is -0.468. The lowest BCUT2D eigenvalue weighted by molar-refractivity contribution is -0.134. The average molecular weight is 401 g/mol. The molecule has 1 unspecified atom stereocenters. The molecular weight excluding hydrogens is 379 g/mol. The Balaban J connectivity index is 1.42. The third-order valence-electron chi connectivity index (χ3n) is 5.71. The Kier molecular flexibility index (Phi) is 5.36. The van der Waals surface area contributed by atoms with Gasteiger partial charge in [-0.15, -0.1) is 0 Å². The van der Waals surface area contributed by atoms with Crippen LogP contribution in [0.2, 0.25) is 5.02 Å². The van der Waals surface area contributed by atoms with Gasteiger partial charge in [-0.2, -0.15) is 0 Å². The SMILES string of the molecule is O=C(c1ccc(F)cc1Cl)N1CCN(C(=O)C2CCCc3ccccc32)CC1. The molecule has 4 rings (SSSR count). The maximum Gasteiger partial charge on any atom is 0.255 e. The van der Waals surface area contributed by atoms with Crippen LogP contribution in [0.15, 0.2) is 42.5 Å². The van der Waals surface area contributed by atoms with Gasteiger partial charge in [0.25, 0.3) is 5.91 Å². The predicted octanol–water partition coefficient (Wildman–Crippen LogP) is 3.88. The van der Waals surface area contributed by atoms with Gasteiger partial charge in [-0.1, -0.05) is 35.9 Å². The quantitative estimate of drug-likeness (QED) is 0.767. The third-order valence-corrected chi connectivity index (χ3v) is 6.02. The van der Waals surface area contributed by atoms with E-state index in [-0.39, 0.29) is 22.8 Å². The fourth-order valence-corrected chi connectivity index (χ4v) is 4.44. The Bertz CT molecular complexity index is 909. The molecule has 0 bridgehead atoms. The van der Waals surface area contributed by atoms with E-state index >= 15 is 0 Å². The highest BCUT2D eigenvalue weighted by Crippen LogP contribution is 2.33. The number of rotatable bonds is 2. The standard InChI is InChI=1S/C22H22ClFN2O2/c23-20-14-16(24)8-9-19(20)22(28)26-12-10-25(11-13-26)21(27)18-7-3-5-15-4-1-2-6-17(15)18/h1-2,4,6,8-9,14,18H,3,5,7,10-13H2. The van der Waals surface area contributed by atoms with E-state index in [4.69, 9.17) is 11.6 Å². The zero-order chi connectivity index (χ0) is 19.7. The van der Waals surface area contributed by atoms with Crippen molar-refractivity contribution in [1.29, 1.82) is 0 Å². The summed E-state index contributed by atoms with van der Waals surface area (Å²) in [6.45, 7) is 1.91. The van der Waals surface area contributed by atoms with Crippen LogP contribution in [0, 0.1) is 5.82 Å². The van der Waals surface area contributed by atoms with Gasteiger partial charge in [0.05, 0.1) is 16.5 Å². The molecule has 2 aliphatic rings. The summed E-state index contributed by atoms with van der Waals surface area (Å²) in [5, 5.41) is 0.113. The van der Waals surface area contributed by atoms with Crippen molar-refractivity contribution >= 4 is 23.4 Å². The molecule has 1 fully saturated rings. The van der Waals surface area contributed by atoms with Crippen molar-refractivity contribution in [2.45, 2.75) is 25.2 Å². The van der Waals surface area contributed by atoms with Crippen LogP contribution in [0.25, 0.3) is 0 Å². The van der Waals surface area contributed by atoms with Crippen LogP contribution >= 0.6 is 11.6 Å². The van der Waals surface area contributed by atoms with Gasteiger partial charge < -0.3 is 9.80 Å². The number of aryl methyl sites for hydroxylation is 1. The number of hydrogen-bond donors (Lipinski definition) is 0. The maximum absolute atomic E-state index is 13.2. The van der Waals surface area contributed by atoms with Crippen molar-refractivity contribution < 1.29 is 14.0 Å². The predicted molar refractivity (Wildman–Crippen MR) is 106 cm³/mol. The summed E-state index contributed by atoms with van der Waals surface area (Å²) in [6.07, 6.45) is 2.93. The highest BCUT2D eigenvalue weighted by molar-refractivity contribution is 6.33. The van der Waals surface area contributed by atoms with Crippen LogP contribution in [0.5, 0.6) is 0 Å². The minimum absolute atomic E-state index is 0.0845. The van der Waals surface area contributed by atoms with Crippen LogP contribution in [-0.4, -0.2) is 47.8 Å². The molecule has 2 aromatic carbocycles. The molecule has 28 heavy (non-hydrogen) atoms. The summed E-state index contributed by atoms with van der Waals surface area (Å²) in [5.41, 5.74) is 2.71. The van der Waals surface area contributed by atoms with Gasteiger partial charge in [-0.3, -0.25) is 9.59 Å².